The molecule has 0 aromatic rings. The lowest BCUT2D eigenvalue weighted by molar-refractivity contribution is 0.329. The van der Waals surface area contributed by atoms with Crippen molar-refractivity contribution >= 4 is 0 Å². The maximum Gasteiger partial charge on any atom is 0.00390 e. The summed E-state index contributed by atoms with van der Waals surface area (Å²) < 4.78 is 0. The quantitative estimate of drug-likeness (QED) is 0.639. The van der Waals surface area contributed by atoms with Crippen LogP contribution in [-0.2, 0) is 0 Å². The topological polar surface area (TPSA) is 26.0 Å². The van der Waals surface area contributed by atoms with Gasteiger partial charge >= 0.3 is 0 Å². The van der Waals surface area contributed by atoms with Crippen LogP contribution in [-0.4, -0.2) is 6.04 Å². The Hall–Kier alpha value is -0.560. The first-order chi connectivity index (χ1) is 5.83. The van der Waals surface area contributed by atoms with E-state index in [1.165, 1.54) is 32.1 Å². The lowest BCUT2D eigenvalue weighted by Gasteiger charge is -2.24. The molecule has 1 rings (SSSR count). The van der Waals surface area contributed by atoms with E-state index in [1.54, 1.807) is 0 Å². The predicted molar refractivity (Wildman–Crippen MR) is 53.9 cm³/mol. The fraction of sp³-hybridized carbons (Fsp3) is 0.636. The summed E-state index contributed by atoms with van der Waals surface area (Å²) >= 11 is 0. The molecule has 1 saturated carbocycles. The number of nitrogens with two attached hydrogens (primary N) is 1. The smallest absolute Gasteiger partial charge is 0.00390 e. The molecule has 1 fully saturated rings. The molecule has 2 N–H and O–H groups in total. The first-order valence-electron chi connectivity index (χ1n) is 4.86. The van der Waals surface area contributed by atoms with E-state index in [0.29, 0.717) is 6.04 Å². The van der Waals surface area contributed by atoms with Gasteiger partial charge in [-0.25, -0.2) is 0 Å². The van der Waals surface area contributed by atoms with Crippen LogP contribution < -0.4 is 5.73 Å². The van der Waals surface area contributed by atoms with Crippen LogP contribution in [0.15, 0.2) is 24.8 Å². The van der Waals surface area contributed by atoms with Crippen LogP contribution in [0.5, 0.6) is 0 Å². The van der Waals surface area contributed by atoms with Gasteiger partial charge in [0.05, 0.1) is 0 Å². The van der Waals surface area contributed by atoms with E-state index in [0.717, 1.165) is 5.92 Å². The van der Waals surface area contributed by atoms with Crippen LogP contribution in [0.2, 0.25) is 0 Å². The number of hydrogen-bond donors (Lipinski definition) is 1. The molecule has 68 valence electrons. The van der Waals surface area contributed by atoms with Crippen LogP contribution in [0.4, 0.5) is 0 Å². The van der Waals surface area contributed by atoms with Crippen LogP contribution >= 0.6 is 0 Å². The molecule has 12 heavy (non-hydrogen) atoms. The largest absolute Gasteiger partial charge is 0.328 e. The standard InChI is InChI=1S/C11H19N/c1-2-3-4-5-10-6-8-11(12)9-7-10/h2-4,10-11H,1,5-9,12H2/b4-3+. The van der Waals surface area contributed by atoms with Crippen molar-refractivity contribution in [2.45, 2.75) is 38.1 Å². The van der Waals surface area contributed by atoms with E-state index >= 15 is 0 Å². The van der Waals surface area contributed by atoms with Gasteiger partial charge in [0.2, 0.25) is 0 Å². The third-order valence-corrected chi connectivity index (χ3v) is 2.63. The van der Waals surface area contributed by atoms with Gasteiger partial charge in [-0.15, -0.1) is 0 Å². The zero-order valence-electron chi connectivity index (χ0n) is 7.71. The van der Waals surface area contributed by atoms with Gasteiger partial charge in [-0.2, -0.15) is 0 Å². The molecule has 1 heteroatoms. The fourth-order valence-electron chi connectivity index (χ4n) is 1.79. The van der Waals surface area contributed by atoms with Crippen molar-refractivity contribution in [1.82, 2.24) is 0 Å². The highest BCUT2D eigenvalue weighted by Gasteiger charge is 2.16. The van der Waals surface area contributed by atoms with Crippen LogP contribution in [0.25, 0.3) is 0 Å². The molecule has 0 bridgehead atoms. The summed E-state index contributed by atoms with van der Waals surface area (Å²) in [5.41, 5.74) is 5.82. The highest BCUT2D eigenvalue weighted by Crippen LogP contribution is 2.25. The molecule has 0 spiro atoms. The van der Waals surface area contributed by atoms with Crippen molar-refractivity contribution < 1.29 is 0 Å². The van der Waals surface area contributed by atoms with Crippen molar-refractivity contribution in [1.29, 1.82) is 0 Å². The molecule has 0 aliphatic heterocycles. The van der Waals surface area contributed by atoms with E-state index in [4.69, 9.17) is 5.73 Å². The highest BCUT2D eigenvalue weighted by atomic mass is 14.6. The van der Waals surface area contributed by atoms with Crippen LogP contribution in [0.1, 0.15) is 32.1 Å². The molecule has 0 saturated heterocycles. The Bertz CT molecular complexity index is 152. The van der Waals surface area contributed by atoms with Gasteiger partial charge in [-0.3, -0.25) is 0 Å². The summed E-state index contributed by atoms with van der Waals surface area (Å²) in [6.45, 7) is 3.65. The minimum Gasteiger partial charge on any atom is -0.328 e. The van der Waals surface area contributed by atoms with Gasteiger partial charge in [-0.1, -0.05) is 24.8 Å². The van der Waals surface area contributed by atoms with Crippen molar-refractivity contribution in [2.75, 3.05) is 0 Å². The van der Waals surface area contributed by atoms with Gasteiger partial charge in [0.25, 0.3) is 0 Å². The lowest BCUT2D eigenvalue weighted by Crippen LogP contribution is -2.26. The molecule has 0 atom stereocenters. The van der Waals surface area contributed by atoms with Gasteiger partial charge < -0.3 is 5.73 Å². The minimum atomic E-state index is 0.477. The molecular weight excluding hydrogens is 146 g/mol. The molecule has 1 aliphatic carbocycles. The molecule has 0 radical (unpaired) electrons. The van der Waals surface area contributed by atoms with Crippen molar-refractivity contribution in [2.24, 2.45) is 11.7 Å². The third kappa shape index (κ3) is 3.22. The first-order valence-corrected chi connectivity index (χ1v) is 4.86. The maximum atomic E-state index is 5.82. The normalized spacial score (nSPS) is 30.8. The lowest BCUT2D eigenvalue weighted by atomic mass is 9.84. The molecule has 1 nitrogen and oxygen atoms in total. The van der Waals surface area contributed by atoms with Crippen molar-refractivity contribution in [3.63, 3.8) is 0 Å². The molecule has 0 aromatic heterocycles. The second-order valence-corrected chi connectivity index (χ2v) is 3.68. The first kappa shape index (κ1) is 9.53. The molecular formula is C11H19N. The zero-order valence-corrected chi connectivity index (χ0v) is 7.71. The highest BCUT2D eigenvalue weighted by molar-refractivity contribution is 4.98. The molecule has 0 heterocycles. The Morgan fingerprint density at radius 2 is 1.92 bits per heavy atom. The van der Waals surface area contributed by atoms with Gasteiger partial charge in [-0.05, 0) is 38.0 Å². The van der Waals surface area contributed by atoms with E-state index < -0.39 is 0 Å². The maximum absolute atomic E-state index is 5.82. The summed E-state index contributed by atoms with van der Waals surface area (Å²) in [5.74, 6) is 0.876. The van der Waals surface area contributed by atoms with Crippen LogP contribution in [0, 0.1) is 5.92 Å². The predicted octanol–water partition coefficient (Wildman–Crippen LogP) is 2.64. The summed E-state index contributed by atoms with van der Waals surface area (Å²) in [6, 6.07) is 0.477. The molecule has 1 aliphatic rings. The van der Waals surface area contributed by atoms with Crippen molar-refractivity contribution in [3.8, 4) is 0 Å². The summed E-state index contributed by atoms with van der Waals surface area (Å²) in [4.78, 5) is 0. The average Bonchev–Trinajstić information content (AvgIpc) is 2.09. The Morgan fingerprint density at radius 1 is 1.25 bits per heavy atom. The minimum absolute atomic E-state index is 0.477. The molecule has 0 unspecified atom stereocenters. The molecule has 0 aromatic carbocycles. The Morgan fingerprint density at radius 3 is 2.50 bits per heavy atom. The summed E-state index contributed by atoms with van der Waals surface area (Å²) in [6.07, 6.45) is 12.3. The summed E-state index contributed by atoms with van der Waals surface area (Å²) in [7, 11) is 0. The van der Waals surface area contributed by atoms with E-state index in [2.05, 4.69) is 12.7 Å². The second-order valence-electron chi connectivity index (χ2n) is 3.68. The van der Waals surface area contributed by atoms with Gasteiger partial charge in [0.15, 0.2) is 0 Å². The van der Waals surface area contributed by atoms with Gasteiger partial charge in [0, 0.05) is 6.04 Å². The fourth-order valence-corrected chi connectivity index (χ4v) is 1.79. The number of hydrogen-bond acceptors (Lipinski definition) is 1. The number of allylic oxidation sites excluding steroid dienone is 3. The number of rotatable bonds is 3. The second kappa shape index (κ2) is 5.15. The summed E-state index contributed by atoms with van der Waals surface area (Å²) in [5, 5.41) is 0. The van der Waals surface area contributed by atoms with E-state index in [-0.39, 0.29) is 0 Å². The average molecular weight is 165 g/mol. The van der Waals surface area contributed by atoms with E-state index in [1.807, 2.05) is 12.2 Å². The van der Waals surface area contributed by atoms with Crippen LogP contribution in [0.3, 0.4) is 0 Å². The SMILES string of the molecule is C=C/C=C/CC1CCC(N)CC1. The third-order valence-electron chi connectivity index (χ3n) is 2.63. The van der Waals surface area contributed by atoms with E-state index in [9.17, 15) is 0 Å². The zero-order chi connectivity index (χ0) is 8.81. The Kier molecular flexibility index (Phi) is 4.09. The Labute approximate surface area is 75.3 Å². The monoisotopic (exact) mass is 165 g/mol. The molecule has 0 amide bonds. The Balaban J connectivity index is 2.17. The van der Waals surface area contributed by atoms with Crippen molar-refractivity contribution in [3.05, 3.63) is 24.8 Å². The van der Waals surface area contributed by atoms with Gasteiger partial charge in [0.1, 0.15) is 0 Å².